The number of methoxy groups -OCH3 is 6. The van der Waals surface area contributed by atoms with Crippen molar-refractivity contribution >= 4 is 33.3 Å². The summed E-state index contributed by atoms with van der Waals surface area (Å²) in [5.74, 6) is -0.405. The fraction of sp³-hybridized carbons (Fsp3) is 0.176. The van der Waals surface area contributed by atoms with Crippen molar-refractivity contribution in [2.45, 2.75) is 0 Å². The number of aromatic hydroxyl groups is 1. The molecule has 0 unspecified atom stereocenters. The van der Waals surface area contributed by atoms with E-state index in [4.69, 9.17) is 28.4 Å². The molecule has 5 aromatic carbocycles. The highest BCUT2D eigenvalue weighted by atomic mass is 16.5. The van der Waals surface area contributed by atoms with Crippen molar-refractivity contribution in [2.24, 2.45) is 0 Å². The first kappa shape index (κ1) is 29.1. The zero-order chi connectivity index (χ0) is 30.8. The third kappa shape index (κ3) is 4.78. The number of hydrogen-bond donors (Lipinski definition) is 1. The molecule has 0 aliphatic carbocycles. The number of ketones is 1. The van der Waals surface area contributed by atoms with E-state index in [0.717, 1.165) is 10.8 Å². The Morgan fingerprint density at radius 1 is 0.628 bits per heavy atom. The molecule has 0 aromatic heterocycles. The second-order valence-electron chi connectivity index (χ2n) is 9.49. The first-order chi connectivity index (χ1) is 20.8. The Hall–Kier alpha value is -5.44. The lowest BCUT2D eigenvalue weighted by molar-refractivity contribution is 0.0598. The Balaban J connectivity index is 1.99. The Bertz CT molecular complexity index is 1890. The summed E-state index contributed by atoms with van der Waals surface area (Å²) in [5, 5.41) is 14.1. The molecule has 0 aliphatic heterocycles. The van der Waals surface area contributed by atoms with Crippen LogP contribution in [0.4, 0.5) is 0 Å². The second-order valence-corrected chi connectivity index (χ2v) is 9.49. The summed E-state index contributed by atoms with van der Waals surface area (Å²) in [6, 6.07) is 19.3. The number of carbonyl (C=O) groups is 2. The van der Waals surface area contributed by atoms with Crippen molar-refractivity contribution in [1.29, 1.82) is 0 Å². The van der Waals surface area contributed by atoms with Crippen LogP contribution in [0.1, 0.15) is 26.3 Å². The number of phenols is 1. The molecule has 0 amide bonds. The van der Waals surface area contributed by atoms with Gasteiger partial charge >= 0.3 is 5.97 Å². The van der Waals surface area contributed by atoms with Gasteiger partial charge in [-0.2, -0.15) is 0 Å². The lowest BCUT2D eigenvalue weighted by Gasteiger charge is -2.23. The molecule has 220 valence electrons. The molecule has 0 saturated carbocycles. The van der Waals surface area contributed by atoms with Gasteiger partial charge in [0.25, 0.3) is 0 Å². The van der Waals surface area contributed by atoms with Crippen LogP contribution in [0.3, 0.4) is 0 Å². The summed E-state index contributed by atoms with van der Waals surface area (Å²) < 4.78 is 33.2. The molecule has 0 bridgehead atoms. The molecule has 5 rings (SSSR count). The summed E-state index contributed by atoms with van der Waals surface area (Å²) in [4.78, 5) is 28.0. The summed E-state index contributed by atoms with van der Waals surface area (Å²) in [7, 11) is 8.52. The molecular formula is C34H30O9. The summed E-state index contributed by atoms with van der Waals surface area (Å²) >= 11 is 0. The Morgan fingerprint density at radius 3 is 1.93 bits per heavy atom. The van der Waals surface area contributed by atoms with Gasteiger partial charge in [0.05, 0.1) is 53.8 Å². The van der Waals surface area contributed by atoms with Crippen molar-refractivity contribution in [3.05, 3.63) is 83.4 Å². The summed E-state index contributed by atoms with van der Waals surface area (Å²) in [6.07, 6.45) is 0. The standard InChI is InChI=1S/C34H30O9/c1-38-23-14-13-20(16-24(23)39-2)26-27-22(17-25(40-3)32(41-4)33(27)42-5)31(36)29(28(26)34(37)43-6)30(35)21-12-11-18-9-7-8-10-19(18)15-21/h7-17,36H,1-6H3. The first-order valence-electron chi connectivity index (χ1n) is 13.2. The van der Waals surface area contributed by atoms with E-state index in [9.17, 15) is 14.7 Å². The molecule has 9 heteroatoms. The maximum Gasteiger partial charge on any atom is 0.339 e. The molecule has 9 nitrogen and oxygen atoms in total. The van der Waals surface area contributed by atoms with Crippen LogP contribution in [0.5, 0.6) is 34.5 Å². The Morgan fingerprint density at radius 2 is 1.30 bits per heavy atom. The van der Waals surface area contributed by atoms with E-state index in [1.54, 1.807) is 30.3 Å². The van der Waals surface area contributed by atoms with E-state index < -0.39 is 17.5 Å². The highest BCUT2D eigenvalue weighted by Gasteiger charge is 2.34. The largest absolute Gasteiger partial charge is 0.506 e. The SMILES string of the molecule is COC(=O)c1c(C(=O)c2ccc3ccccc3c2)c(O)c2cc(OC)c(OC)c(OC)c2c1-c1ccc(OC)c(OC)c1. The predicted octanol–water partition coefficient (Wildman–Crippen LogP) is 6.43. The molecule has 43 heavy (non-hydrogen) atoms. The normalized spacial score (nSPS) is 10.8. The minimum absolute atomic E-state index is 0.164. The third-order valence-electron chi connectivity index (χ3n) is 7.37. The van der Waals surface area contributed by atoms with E-state index >= 15 is 0 Å². The van der Waals surface area contributed by atoms with Gasteiger partial charge in [-0.1, -0.05) is 42.5 Å². The van der Waals surface area contributed by atoms with Crippen LogP contribution in [0, 0.1) is 0 Å². The predicted molar refractivity (Wildman–Crippen MR) is 163 cm³/mol. The van der Waals surface area contributed by atoms with Gasteiger partial charge in [-0.05, 0) is 40.6 Å². The van der Waals surface area contributed by atoms with E-state index in [2.05, 4.69) is 0 Å². The molecule has 0 fully saturated rings. The van der Waals surface area contributed by atoms with Gasteiger partial charge in [0.1, 0.15) is 5.75 Å². The molecule has 0 spiro atoms. The minimum atomic E-state index is -0.844. The van der Waals surface area contributed by atoms with Crippen molar-refractivity contribution in [3.8, 4) is 45.6 Å². The van der Waals surface area contributed by atoms with Gasteiger partial charge in [0, 0.05) is 21.9 Å². The quantitative estimate of drug-likeness (QED) is 0.155. The molecule has 1 N–H and O–H groups in total. The Kier molecular flexibility index (Phi) is 7.98. The maximum absolute atomic E-state index is 14.3. The first-order valence-corrected chi connectivity index (χ1v) is 13.2. The monoisotopic (exact) mass is 582 g/mol. The fourth-order valence-electron chi connectivity index (χ4n) is 5.38. The van der Waals surface area contributed by atoms with Crippen molar-refractivity contribution in [1.82, 2.24) is 0 Å². The number of rotatable bonds is 9. The fourth-order valence-corrected chi connectivity index (χ4v) is 5.38. The highest BCUT2D eigenvalue weighted by Crippen LogP contribution is 2.53. The van der Waals surface area contributed by atoms with E-state index in [-0.39, 0.29) is 44.9 Å². The second kappa shape index (κ2) is 11.8. The minimum Gasteiger partial charge on any atom is -0.506 e. The molecule has 5 aromatic rings. The smallest absolute Gasteiger partial charge is 0.339 e. The van der Waals surface area contributed by atoms with E-state index in [1.807, 2.05) is 30.3 Å². The van der Waals surface area contributed by atoms with Crippen molar-refractivity contribution in [2.75, 3.05) is 42.7 Å². The Labute approximate surface area is 248 Å². The summed E-state index contributed by atoms with van der Waals surface area (Å²) in [5.41, 5.74) is 0.574. The number of carbonyl (C=O) groups excluding carboxylic acids is 2. The van der Waals surface area contributed by atoms with Gasteiger partial charge < -0.3 is 33.5 Å². The van der Waals surface area contributed by atoms with Gasteiger partial charge in [-0.3, -0.25) is 4.79 Å². The molecule has 0 atom stereocenters. The molecule has 0 radical (unpaired) electrons. The van der Waals surface area contributed by atoms with Crippen LogP contribution < -0.4 is 23.7 Å². The van der Waals surface area contributed by atoms with E-state index in [0.29, 0.717) is 22.4 Å². The number of benzene rings is 5. The molecular weight excluding hydrogens is 552 g/mol. The number of hydrogen-bond acceptors (Lipinski definition) is 9. The zero-order valence-corrected chi connectivity index (χ0v) is 24.6. The van der Waals surface area contributed by atoms with E-state index in [1.165, 1.54) is 48.7 Å². The number of esters is 1. The van der Waals surface area contributed by atoms with Crippen LogP contribution in [-0.4, -0.2) is 59.5 Å². The van der Waals surface area contributed by atoms with Crippen LogP contribution in [-0.2, 0) is 4.74 Å². The molecule has 0 heterocycles. The summed E-state index contributed by atoms with van der Waals surface area (Å²) in [6.45, 7) is 0. The molecule has 0 saturated heterocycles. The average molecular weight is 583 g/mol. The van der Waals surface area contributed by atoms with Gasteiger partial charge in [-0.15, -0.1) is 0 Å². The van der Waals surface area contributed by atoms with Crippen LogP contribution in [0.25, 0.3) is 32.7 Å². The highest BCUT2D eigenvalue weighted by molar-refractivity contribution is 6.25. The maximum atomic E-state index is 14.3. The van der Waals surface area contributed by atoms with Crippen LogP contribution >= 0.6 is 0 Å². The zero-order valence-electron chi connectivity index (χ0n) is 24.6. The van der Waals surface area contributed by atoms with Crippen LogP contribution in [0.2, 0.25) is 0 Å². The lowest BCUT2D eigenvalue weighted by Crippen LogP contribution is -2.15. The number of phenolic OH excluding ortho intramolecular Hbond substituents is 1. The van der Waals surface area contributed by atoms with Crippen LogP contribution in [0.15, 0.2) is 66.7 Å². The van der Waals surface area contributed by atoms with Gasteiger partial charge in [0.15, 0.2) is 28.8 Å². The lowest BCUT2D eigenvalue weighted by atomic mass is 9.85. The van der Waals surface area contributed by atoms with Crippen molar-refractivity contribution < 1.29 is 43.1 Å². The van der Waals surface area contributed by atoms with Gasteiger partial charge in [-0.25, -0.2) is 4.79 Å². The molecule has 0 aliphatic rings. The number of ether oxygens (including phenoxy) is 6. The van der Waals surface area contributed by atoms with Crippen molar-refractivity contribution in [3.63, 3.8) is 0 Å². The van der Waals surface area contributed by atoms with Gasteiger partial charge in [0.2, 0.25) is 5.75 Å². The number of fused-ring (bicyclic) bond motifs is 2. The average Bonchev–Trinajstić information content (AvgIpc) is 3.05. The topological polar surface area (TPSA) is 110 Å². The third-order valence-corrected chi connectivity index (χ3v) is 7.37.